The molecule has 4 rings (SSSR count). The molecule has 2 atom stereocenters. The first-order valence-corrected chi connectivity index (χ1v) is 9.01. The van der Waals surface area contributed by atoms with Gasteiger partial charge in [-0.2, -0.15) is 0 Å². The minimum atomic E-state index is 0.203. The molecule has 3 heteroatoms. The second kappa shape index (κ2) is 6.55. The van der Waals surface area contributed by atoms with E-state index in [1.807, 2.05) is 6.92 Å². The van der Waals surface area contributed by atoms with Gasteiger partial charge in [-0.3, -0.25) is 0 Å². The van der Waals surface area contributed by atoms with Crippen LogP contribution in [0.5, 0.6) is 0 Å². The van der Waals surface area contributed by atoms with Crippen LogP contribution in [0.4, 0.5) is 0 Å². The van der Waals surface area contributed by atoms with E-state index in [1.54, 1.807) is 0 Å². The van der Waals surface area contributed by atoms with Crippen LogP contribution in [-0.2, 0) is 9.47 Å². The molecular weight excluding hydrogens is 262 g/mol. The molecule has 122 valence electrons. The van der Waals surface area contributed by atoms with Crippen molar-refractivity contribution in [3.05, 3.63) is 0 Å². The van der Waals surface area contributed by atoms with E-state index in [4.69, 9.17) is 9.47 Å². The number of hydrogen-bond donors (Lipinski definition) is 1. The van der Waals surface area contributed by atoms with Gasteiger partial charge >= 0.3 is 0 Å². The number of likely N-dealkylation sites (N-methyl/N-ethyl adjacent to an activating group) is 1. The summed E-state index contributed by atoms with van der Waals surface area (Å²) in [6.45, 7) is 6.50. The lowest BCUT2D eigenvalue weighted by Gasteiger charge is -2.59. The Bertz CT molecular complexity index is 309. The zero-order valence-corrected chi connectivity index (χ0v) is 14.1. The lowest BCUT2D eigenvalue weighted by atomic mass is 9.48. The maximum Gasteiger partial charge on any atom is 0.0781 e. The molecule has 4 aliphatic carbocycles. The van der Waals surface area contributed by atoms with Gasteiger partial charge in [-0.05, 0) is 82.6 Å². The highest BCUT2D eigenvalue weighted by molar-refractivity contribution is 5.06. The smallest absolute Gasteiger partial charge is 0.0781 e. The Labute approximate surface area is 130 Å². The van der Waals surface area contributed by atoms with Crippen molar-refractivity contribution in [2.75, 3.05) is 26.9 Å². The zero-order chi connectivity index (χ0) is 14.9. The summed E-state index contributed by atoms with van der Waals surface area (Å²) in [5.74, 6) is 3.02. The number of ether oxygens (including phenoxy) is 2. The minimum absolute atomic E-state index is 0.203. The second-order valence-electron chi connectivity index (χ2n) is 7.92. The summed E-state index contributed by atoms with van der Waals surface area (Å²) in [6.07, 6.45) is 9.05. The molecule has 0 amide bonds. The Morgan fingerprint density at radius 1 is 1.05 bits per heavy atom. The van der Waals surface area contributed by atoms with Gasteiger partial charge in [0.1, 0.15) is 0 Å². The van der Waals surface area contributed by atoms with Gasteiger partial charge in [0, 0.05) is 12.6 Å². The summed E-state index contributed by atoms with van der Waals surface area (Å²) in [4.78, 5) is 0. The molecule has 0 aliphatic heterocycles. The van der Waals surface area contributed by atoms with Gasteiger partial charge in [0.2, 0.25) is 0 Å². The van der Waals surface area contributed by atoms with Crippen LogP contribution in [0.2, 0.25) is 0 Å². The maximum absolute atomic E-state index is 6.10. The Balaban J connectivity index is 1.58. The monoisotopic (exact) mass is 295 g/mol. The molecule has 0 aromatic heterocycles. The van der Waals surface area contributed by atoms with Crippen LogP contribution in [-0.4, -0.2) is 39.0 Å². The van der Waals surface area contributed by atoms with Crippen molar-refractivity contribution in [3.8, 4) is 0 Å². The maximum atomic E-state index is 6.10. The third-order valence-electron chi connectivity index (χ3n) is 6.28. The Morgan fingerprint density at radius 3 is 2.10 bits per heavy atom. The fraction of sp³-hybridized carbons (Fsp3) is 1.00. The predicted molar refractivity (Wildman–Crippen MR) is 85.4 cm³/mol. The highest BCUT2D eigenvalue weighted by atomic mass is 16.5. The molecule has 0 aromatic rings. The summed E-state index contributed by atoms with van der Waals surface area (Å²) >= 11 is 0. The van der Waals surface area contributed by atoms with Crippen LogP contribution < -0.4 is 5.32 Å². The van der Waals surface area contributed by atoms with Crippen molar-refractivity contribution in [2.24, 2.45) is 23.2 Å². The molecule has 4 saturated carbocycles. The Kier molecular flexibility index (Phi) is 4.92. The fourth-order valence-corrected chi connectivity index (χ4v) is 5.76. The summed E-state index contributed by atoms with van der Waals surface area (Å²) in [5, 5.41) is 3.60. The average Bonchev–Trinajstić information content (AvgIpc) is 2.44. The van der Waals surface area contributed by atoms with Crippen molar-refractivity contribution in [2.45, 2.75) is 64.5 Å². The van der Waals surface area contributed by atoms with E-state index >= 15 is 0 Å². The molecule has 1 N–H and O–H groups in total. The van der Waals surface area contributed by atoms with Gasteiger partial charge in [0.25, 0.3) is 0 Å². The molecule has 4 fully saturated rings. The summed E-state index contributed by atoms with van der Waals surface area (Å²) in [6, 6.07) is 0.523. The lowest BCUT2D eigenvalue weighted by molar-refractivity contribution is -0.0982. The number of rotatable bonds is 8. The van der Waals surface area contributed by atoms with Crippen molar-refractivity contribution >= 4 is 0 Å². The largest absolute Gasteiger partial charge is 0.379 e. The summed E-state index contributed by atoms with van der Waals surface area (Å²) in [5.41, 5.74) is 0.523. The third-order valence-corrected chi connectivity index (χ3v) is 6.28. The van der Waals surface area contributed by atoms with Crippen molar-refractivity contribution < 1.29 is 9.47 Å². The fourth-order valence-electron chi connectivity index (χ4n) is 5.76. The Hall–Kier alpha value is -0.120. The molecule has 0 spiro atoms. The zero-order valence-electron chi connectivity index (χ0n) is 14.1. The first-order chi connectivity index (χ1) is 10.1. The van der Waals surface area contributed by atoms with Crippen LogP contribution >= 0.6 is 0 Å². The molecule has 3 nitrogen and oxygen atoms in total. The van der Waals surface area contributed by atoms with Gasteiger partial charge < -0.3 is 14.8 Å². The minimum Gasteiger partial charge on any atom is -0.379 e. The third kappa shape index (κ3) is 3.30. The number of nitrogens with one attached hydrogen (secondary N) is 1. The van der Waals surface area contributed by atoms with Crippen LogP contribution in [0.25, 0.3) is 0 Å². The highest BCUT2D eigenvalue weighted by Gasteiger charge is 2.53. The molecule has 0 saturated heterocycles. The van der Waals surface area contributed by atoms with E-state index in [1.165, 1.54) is 38.5 Å². The van der Waals surface area contributed by atoms with Crippen LogP contribution in [0.15, 0.2) is 0 Å². The van der Waals surface area contributed by atoms with Gasteiger partial charge in [0.05, 0.1) is 19.3 Å². The molecule has 21 heavy (non-hydrogen) atoms. The molecule has 2 unspecified atom stereocenters. The Morgan fingerprint density at radius 2 is 1.62 bits per heavy atom. The van der Waals surface area contributed by atoms with E-state index in [0.717, 1.165) is 31.0 Å². The topological polar surface area (TPSA) is 30.5 Å². The quantitative estimate of drug-likeness (QED) is 0.746. The van der Waals surface area contributed by atoms with Crippen molar-refractivity contribution in [1.29, 1.82) is 0 Å². The molecule has 0 radical (unpaired) electrons. The highest BCUT2D eigenvalue weighted by Crippen LogP contribution is 2.61. The van der Waals surface area contributed by atoms with E-state index in [-0.39, 0.29) is 6.10 Å². The molecular formula is C18H33NO2. The van der Waals surface area contributed by atoms with E-state index in [0.29, 0.717) is 18.1 Å². The summed E-state index contributed by atoms with van der Waals surface area (Å²) in [7, 11) is 2.12. The first kappa shape index (κ1) is 15.8. The van der Waals surface area contributed by atoms with Gasteiger partial charge in [-0.1, -0.05) is 0 Å². The first-order valence-electron chi connectivity index (χ1n) is 9.01. The van der Waals surface area contributed by atoms with Crippen LogP contribution in [0.3, 0.4) is 0 Å². The van der Waals surface area contributed by atoms with Crippen LogP contribution in [0, 0.1) is 23.2 Å². The number of hydrogen-bond acceptors (Lipinski definition) is 3. The van der Waals surface area contributed by atoms with Gasteiger partial charge in [0.15, 0.2) is 0 Å². The van der Waals surface area contributed by atoms with E-state index in [2.05, 4.69) is 19.3 Å². The average molecular weight is 295 g/mol. The standard InChI is InChI=1S/C18H33NO2/c1-4-20-11-13(2)21-12-17(19-3)18-8-14-5-15(9-18)7-16(6-14)10-18/h13-17,19H,4-12H2,1-3H3. The van der Waals surface area contributed by atoms with Gasteiger partial charge in [-0.15, -0.1) is 0 Å². The van der Waals surface area contributed by atoms with Gasteiger partial charge in [-0.25, -0.2) is 0 Å². The molecule has 0 aromatic carbocycles. The van der Waals surface area contributed by atoms with Crippen molar-refractivity contribution in [3.63, 3.8) is 0 Å². The lowest BCUT2D eigenvalue weighted by Crippen LogP contribution is -2.57. The normalized spacial score (nSPS) is 40.4. The molecule has 4 aliphatic rings. The molecule has 0 heterocycles. The van der Waals surface area contributed by atoms with Crippen molar-refractivity contribution in [1.82, 2.24) is 5.32 Å². The predicted octanol–water partition coefficient (Wildman–Crippen LogP) is 3.23. The molecule has 4 bridgehead atoms. The second-order valence-corrected chi connectivity index (χ2v) is 7.92. The summed E-state index contributed by atoms with van der Waals surface area (Å²) < 4.78 is 11.6. The van der Waals surface area contributed by atoms with E-state index < -0.39 is 0 Å². The van der Waals surface area contributed by atoms with E-state index in [9.17, 15) is 0 Å². The SMILES string of the molecule is CCOCC(C)OCC(NC)C12CC3CC(CC(C3)C1)C2. The van der Waals surface area contributed by atoms with Crippen LogP contribution in [0.1, 0.15) is 52.4 Å².